The molecule has 2 atom stereocenters. The number of carboxylic acids is 1. The van der Waals surface area contributed by atoms with E-state index in [9.17, 15) is 9.59 Å². The molecule has 2 aliphatic rings. The summed E-state index contributed by atoms with van der Waals surface area (Å²) < 4.78 is 5.12. The van der Waals surface area contributed by atoms with Gasteiger partial charge in [0.25, 0.3) is 0 Å². The number of rotatable bonds is 3. The van der Waals surface area contributed by atoms with Crippen molar-refractivity contribution in [3.05, 3.63) is 0 Å². The third kappa shape index (κ3) is 2.64. The fourth-order valence-corrected chi connectivity index (χ4v) is 2.66. The van der Waals surface area contributed by atoms with Gasteiger partial charge in [-0.3, -0.25) is 9.59 Å². The van der Waals surface area contributed by atoms with Gasteiger partial charge in [-0.1, -0.05) is 19.3 Å². The Morgan fingerprint density at radius 2 is 1.89 bits per heavy atom. The molecule has 0 bridgehead atoms. The first-order valence-corrected chi connectivity index (χ1v) is 6.43. The van der Waals surface area contributed by atoms with Gasteiger partial charge in [0.05, 0.1) is 24.8 Å². The van der Waals surface area contributed by atoms with Gasteiger partial charge in [0.15, 0.2) is 0 Å². The maximum Gasteiger partial charge on any atom is 0.311 e. The van der Waals surface area contributed by atoms with E-state index in [-0.39, 0.29) is 19.1 Å². The highest BCUT2D eigenvalue weighted by atomic mass is 16.5. The maximum atomic E-state index is 12.2. The zero-order valence-corrected chi connectivity index (χ0v) is 10.4. The highest BCUT2D eigenvalue weighted by molar-refractivity contribution is 5.87. The summed E-state index contributed by atoms with van der Waals surface area (Å²) in [6, 6.07) is -0.461. The SMILES string of the molecule is NC1(C(=O)NC2COCC2C(=O)O)CCCCC1. The summed E-state index contributed by atoms with van der Waals surface area (Å²) in [6.07, 6.45) is 4.35. The minimum atomic E-state index is -0.937. The Balaban J connectivity index is 1.96. The Morgan fingerprint density at radius 1 is 1.22 bits per heavy atom. The number of carbonyl (C=O) groups excluding carboxylic acids is 1. The van der Waals surface area contributed by atoms with Gasteiger partial charge >= 0.3 is 5.97 Å². The topological polar surface area (TPSA) is 102 Å². The smallest absolute Gasteiger partial charge is 0.311 e. The number of amides is 1. The average Bonchev–Trinajstić information content (AvgIpc) is 2.78. The van der Waals surface area contributed by atoms with Crippen LogP contribution in [0.1, 0.15) is 32.1 Å². The lowest BCUT2D eigenvalue weighted by Gasteiger charge is -2.33. The second-order valence-corrected chi connectivity index (χ2v) is 5.28. The van der Waals surface area contributed by atoms with Gasteiger partial charge in [-0.15, -0.1) is 0 Å². The third-order valence-electron chi connectivity index (χ3n) is 3.91. The summed E-state index contributed by atoms with van der Waals surface area (Å²) in [6.45, 7) is 0.399. The van der Waals surface area contributed by atoms with Gasteiger partial charge in [-0.25, -0.2) is 0 Å². The van der Waals surface area contributed by atoms with Gasteiger partial charge in [-0.2, -0.15) is 0 Å². The lowest BCUT2D eigenvalue weighted by atomic mass is 9.81. The average molecular weight is 256 g/mol. The summed E-state index contributed by atoms with van der Waals surface area (Å²) in [5.41, 5.74) is 5.27. The van der Waals surface area contributed by atoms with Crippen molar-refractivity contribution in [2.24, 2.45) is 11.7 Å². The number of ether oxygens (including phenoxy) is 1. The maximum absolute atomic E-state index is 12.2. The molecule has 0 radical (unpaired) electrons. The van der Waals surface area contributed by atoms with Crippen molar-refractivity contribution in [3.8, 4) is 0 Å². The van der Waals surface area contributed by atoms with Crippen LogP contribution in [0.25, 0.3) is 0 Å². The molecule has 0 aromatic rings. The number of hydrogen-bond acceptors (Lipinski definition) is 4. The predicted molar refractivity (Wildman–Crippen MR) is 63.9 cm³/mol. The van der Waals surface area contributed by atoms with Crippen molar-refractivity contribution >= 4 is 11.9 Å². The van der Waals surface area contributed by atoms with E-state index in [0.29, 0.717) is 12.8 Å². The molecule has 1 heterocycles. The van der Waals surface area contributed by atoms with Gasteiger partial charge in [0.1, 0.15) is 5.92 Å². The second-order valence-electron chi connectivity index (χ2n) is 5.28. The Labute approximate surface area is 106 Å². The highest BCUT2D eigenvalue weighted by Gasteiger charge is 2.40. The molecular weight excluding hydrogens is 236 g/mol. The fraction of sp³-hybridized carbons (Fsp3) is 0.833. The van der Waals surface area contributed by atoms with Crippen LogP contribution < -0.4 is 11.1 Å². The van der Waals surface area contributed by atoms with E-state index in [1.165, 1.54) is 0 Å². The molecule has 2 unspecified atom stereocenters. The van der Waals surface area contributed by atoms with Crippen LogP contribution >= 0.6 is 0 Å². The van der Waals surface area contributed by atoms with Crippen LogP contribution in [0.4, 0.5) is 0 Å². The molecule has 1 aliphatic heterocycles. The normalized spacial score (nSPS) is 30.9. The zero-order chi connectivity index (χ0) is 13.2. The van der Waals surface area contributed by atoms with Crippen molar-refractivity contribution in [2.75, 3.05) is 13.2 Å². The van der Waals surface area contributed by atoms with E-state index in [4.69, 9.17) is 15.6 Å². The van der Waals surface area contributed by atoms with E-state index >= 15 is 0 Å². The summed E-state index contributed by atoms with van der Waals surface area (Å²) in [5.74, 6) is -1.84. The van der Waals surface area contributed by atoms with Gasteiger partial charge in [0, 0.05) is 0 Å². The van der Waals surface area contributed by atoms with Gasteiger partial charge in [-0.05, 0) is 12.8 Å². The molecule has 0 aromatic carbocycles. The summed E-state index contributed by atoms with van der Waals surface area (Å²) in [7, 11) is 0. The van der Waals surface area contributed by atoms with Crippen LogP contribution in [0.5, 0.6) is 0 Å². The minimum absolute atomic E-state index is 0.151. The largest absolute Gasteiger partial charge is 0.481 e. The van der Waals surface area contributed by atoms with Crippen molar-refractivity contribution in [1.29, 1.82) is 0 Å². The Bertz CT molecular complexity index is 339. The van der Waals surface area contributed by atoms with E-state index in [0.717, 1.165) is 19.3 Å². The van der Waals surface area contributed by atoms with Crippen molar-refractivity contribution in [1.82, 2.24) is 5.32 Å². The Morgan fingerprint density at radius 3 is 2.50 bits per heavy atom. The number of carboxylic acid groups (broad SMARTS) is 1. The standard InChI is InChI=1S/C12H20N2O4/c13-12(4-2-1-3-5-12)11(17)14-9-7-18-6-8(9)10(15)16/h8-9H,1-7,13H2,(H,14,17)(H,15,16). The van der Waals surface area contributed by atoms with Crippen molar-refractivity contribution < 1.29 is 19.4 Å². The number of nitrogens with one attached hydrogen (secondary N) is 1. The predicted octanol–water partition coefficient (Wildman–Crippen LogP) is -0.136. The number of aliphatic carboxylic acids is 1. The number of nitrogens with two attached hydrogens (primary N) is 1. The number of hydrogen-bond donors (Lipinski definition) is 3. The Kier molecular flexibility index (Phi) is 3.87. The molecule has 18 heavy (non-hydrogen) atoms. The van der Waals surface area contributed by atoms with Crippen molar-refractivity contribution in [3.63, 3.8) is 0 Å². The third-order valence-corrected chi connectivity index (χ3v) is 3.91. The molecule has 1 aliphatic carbocycles. The minimum Gasteiger partial charge on any atom is -0.481 e. The first kappa shape index (κ1) is 13.3. The van der Waals surface area contributed by atoms with Crippen LogP contribution in [0.15, 0.2) is 0 Å². The van der Waals surface area contributed by atoms with E-state index in [2.05, 4.69) is 5.32 Å². The van der Waals surface area contributed by atoms with E-state index < -0.39 is 23.5 Å². The highest BCUT2D eigenvalue weighted by Crippen LogP contribution is 2.26. The molecule has 2 rings (SSSR count). The molecule has 2 fully saturated rings. The lowest BCUT2D eigenvalue weighted by Crippen LogP contribution is -2.58. The van der Waals surface area contributed by atoms with E-state index in [1.54, 1.807) is 0 Å². The Hall–Kier alpha value is -1.14. The van der Waals surface area contributed by atoms with Crippen LogP contribution in [-0.4, -0.2) is 41.8 Å². The molecule has 102 valence electrons. The monoisotopic (exact) mass is 256 g/mol. The lowest BCUT2D eigenvalue weighted by molar-refractivity contribution is -0.142. The number of carbonyl (C=O) groups is 2. The molecule has 1 amide bonds. The quantitative estimate of drug-likeness (QED) is 0.652. The summed E-state index contributed by atoms with van der Waals surface area (Å²) in [5, 5.41) is 11.8. The first-order chi connectivity index (χ1) is 8.53. The zero-order valence-electron chi connectivity index (χ0n) is 10.4. The van der Waals surface area contributed by atoms with Gasteiger partial charge < -0.3 is 20.9 Å². The van der Waals surface area contributed by atoms with Crippen molar-refractivity contribution in [2.45, 2.75) is 43.7 Å². The summed E-state index contributed by atoms with van der Waals surface area (Å²) in [4.78, 5) is 23.1. The van der Waals surface area contributed by atoms with E-state index in [1.807, 2.05) is 0 Å². The summed E-state index contributed by atoms with van der Waals surface area (Å²) >= 11 is 0. The van der Waals surface area contributed by atoms with Crippen LogP contribution in [-0.2, 0) is 14.3 Å². The van der Waals surface area contributed by atoms with Gasteiger partial charge in [0.2, 0.25) is 5.91 Å². The molecule has 1 saturated heterocycles. The second kappa shape index (κ2) is 5.24. The molecule has 6 heteroatoms. The van der Waals surface area contributed by atoms with Crippen LogP contribution in [0.3, 0.4) is 0 Å². The fourth-order valence-electron chi connectivity index (χ4n) is 2.66. The molecular formula is C12H20N2O4. The van der Waals surface area contributed by atoms with Crippen LogP contribution in [0, 0.1) is 5.92 Å². The molecule has 0 spiro atoms. The van der Waals surface area contributed by atoms with Crippen LogP contribution in [0.2, 0.25) is 0 Å². The molecule has 4 N–H and O–H groups in total. The molecule has 1 saturated carbocycles. The first-order valence-electron chi connectivity index (χ1n) is 6.43. The molecule has 6 nitrogen and oxygen atoms in total. The molecule has 0 aromatic heterocycles.